The Bertz CT molecular complexity index is 195. The molecule has 0 amide bonds. The van der Waals surface area contributed by atoms with Crippen molar-refractivity contribution >= 4 is 15.7 Å². The SMILES string of the molecule is C=CC(=O)OCCC(CCCCC)[SiH2]OC. The van der Waals surface area contributed by atoms with Crippen LogP contribution in [0.3, 0.4) is 0 Å². The molecule has 0 aliphatic heterocycles. The molecule has 0 aromatic rings. The number of esters is 1. The molecule has 0 saturated heterocycles. The Morgan fingerprint density at radius 3 is 2.75 bits per heavy atom. The van der Waals surface area contributed by atoms with Gasteiger partial charge < -0.3 is 9.16 Å². The van der Waals surface area contributed by atoms with Gasteiger partial charge in [-0.1, -0.05) is 39.2 Å². The molecule has 0 radical (unpaired) electrons. The Morgan fingerprint density at radius 2 is 2.19 bits per heavy atom. The standard InChI is InChI=1S/C12H24O3Si/c1-4-6-7-8-11(16-14-3)9-10-15-12(13)5-2/h5,11H,2,4,6-10,16H2,1,3H3. The van der Waals surface area contributed by atoms with Crippen molar-refractivity contribution in [3.63, 3.8) is 0 Å². The van der Waals surface area contributed by atoms with Gasteiger partial charge in [0.05, 0.1) is 6.61 Å². The number of carbonyl (C=O) groups excluding carboxylic acids is 1. The van der Waals surface area contributed by atoms with Gasteiger partial charge in [-0.05, 0) is 12.0 Å². The van der Waals surface area contributed by atoms with Crippen LogP contribution in [0.4, 0.5) is 0 Å². The predicted molar refractivity (Wildman–Crippen MR) is 69.2 cm³/mol. The summed E-state index contributed by atoms with van der Waals surface area (Å²) < 4.78 is 10.3. The number of carbonyl (C=O) groups is 1. The highest BCUT2D eigenvalue weighted by Crippen LogP contribution is 2.18. The summed E-state index contributed by atoms with van der Waals surface area (Å²) in [5.74, 6) is -0.327. The molecule has 16 heavy (non-hydrogen) atoms. The molecule has 0 bridgehead atoms. The highest BCUT2D eigenvalue weighted by atomic mass is 28.2. The number of hydrogen-bond donors (Lipinski definition) is 0. The fourth-order valence-electron chi connectivity index (χ4n) is 1.61. The molecular weight excluding hydrogens is 220 g/mol. The second-order valence-electron chi connectivity index (χ2n) is 3.98. The van der Waals surface area contributed by atoms with Crippen molar-refractivity contribution in [1.29, 1.82) is 0 Å². The summed E-state index contributed by atoms with van der Waals surface area (Å²) in [5.41, 5.74) is 0.633. The minimum absolute atomic E-state index is 0.327. The summed E-state index contributed by atoms with van der Waals surface area (Å²) in [5, 5.41) is 0. The van der Waals surface area contributed by atoms with Crippen LogP contribution in [-0.4, -0.2) is 29.4 Å². The molecule has 0 aliphatic carbocycles. The van der Waals surface area contributed by atoms with Crippen LogP contribution in [0.15, 0.2) is 12.7 Å². The molecule has 1 unspecified atom stereocenters. The van der Waals surface area contributed by atoms with E-state index >= 15 is 0 Å². The Labute approximate surface area is 101 Å². The Morgan fingerprint density at radius 1 is 1.44 bits per heavy atom. The van der Waals surface area contributed by atoms with Crippen molar-refractivity contribution in [2.75, 3.05) is 13.7 Å². The fraction of sp³-hybridized carbons (Fsp3) is 0.750. The van der Waals surface area contributed by atoms with Crippen molar-refractivity contribution in [2.45, 2.75) is 44.6 Å². The minimum Gasteiger partial charge on any atom is -0.463 e. The number of unbranched alkanes of at least 4 members (excludes halogenated alkanes) is 2. The average Bonchev–Trinajstić information content (AvgIpc) is 2.29. The van der Waals surface area contributed by atoms with Crippen LogP contribution in [0.2, 0.25) is 5.54 Å². The van der Waals surface area contributed by atoms with E-state index in [0.717, 1.165) is 6.42 Å². The van der Waals surface area contributed by atoms with Crippen LogP contribution in [-0.2, 0) is 14.0 Å². The fourth-order valence-corrected chi connectivity index (χ4v) is 2.87. The third-order valence-electron chi connectivity index (χ3n) is 2.56. The smallest absolute Gasteiger partial charge is 0.330 e. The first-order chi connectivity index (χ1) is 7.74. The van der Waals surface area contributed by atoms with Crippen LogP contribution in [0.25, 0.3) is 0 Å². The zero-order chi connectivity index (χ0) is 12.2. The first-order valence-electron chi connectivity index (χ1n) is 6.02. The van der Waals surface area contributed by atoms with Gasteiger partial charge in [-0.25, -0.2) is 4.79 Å². The van der Waals surface area contributed by atoms with Crippen molar-refractivity contribution in [1.82, 2.24) is 0 Å². The lowest BCUT2D eigenvalue weighted by Crippen LogP contribution is -2.11. The lowest BCUT2D eigenvalue weighted by molar-refractivity contribution is -0.137. The molecule has 0 saturated carbocycles. The van der Waals surface area contributed by atoms with E-state index in [4.69, 9.17) is 9.16 Å². The topological polar surface area (TPSA) is 35.5 Å². The molecule has 0 aromatic carbocycles. The molecule has 0 rings (SSSR count). The van der Waals surface area contributed by atoms with Crippen molar-refractivity contribution in [3.05, 3.63) is 12.7 Å². The van der Waals surface area contributed by atoms with Gasteiger partial charge in [-0.2, -0.15) is 0 Å². The van der Waals surface area contributed by atoms with E-state index < -0.39 is 9.76 Å². The van der Waals surface area contributed by atoms with Crippen LogP contribution in [0.5, 0.6) is 0 Å². The third-order valence-corrected chi connectivity index (χ3v) is 4.18. The van der Waals surface area contributed by atoms with Crippen molar-refractivity contribution in [2.24, 2.45) is 0 Å². The lowest BCUT2D eigenvalue weighted by Gasteiger charge is -2.14. The second-order valence-corrected chi connectivity index (χ2v) is 6.04. The molecule has 0 spiro atoms. The van der Waals surface area contributed by atoms with E-state index in [2.05, 4.69) is 13.5 Å². The molecule has 4 heteroatoms. The summed E-state index contributed by atoms with van der Waals surface area (Å²) in [6.45, 7) is 6.07. The lowest BCUT2D eigenvalue weighted by atomic mass is 10.1. The number of hydrogen-bond acceptors (Lipinski definition) is 3. The highest BCUT2D eigenvalue weighted by molar-refractivity contribution is 6.29. The molecule has 0 N–H and O–H groups in total. The van der Waals surface area contributed by atoms with Gasteiger partial charge in [-0.3, -0.25) is 0 Å². The van der Waals surface area contributed by atoms with E-state index in [1.165, 1.54) is 31.8 Å². The molecule has 0 fully saturated rings. The first kappa shape index (κ1) is 15.4. The third kappa shape index (κ3) is 8.68. The summed E-state index contributed by atoms with van der Waals surface area (Å²) >= 11 is 0. The largest absolute Gasteiger partial charge is 0.463 e. The maximum absolute atomic E-state index is 10.9. The maximum atomic E-state index is 10.9. The van der Waals surface area contributed by atoms with Gasteiger partial charge in [0.25, 0.3) is 0 Å². The molecule has 3 nitrogen and oxygen atoms in total. The number of ether oxygens (including phenoxy) is 1. The maximum Gasteiger partial charge on any atom is 0.330 e. The van der Waals surface area contributed by atoms with E-state index in [0.29, 0.717) is 12.1 Å². The number of rotatable bonds is 10. The normalized spacial score (nSPS) is 12.9. The summed E-state index contributed by atoms with van der Waals surface area (Å²) in [6.07, 6.45) is 7.13. The van der Waals surface area contributed by atoms with Crippen molar-refractivity contribution in [3.8, 4) is 0 Å². The van der Waals surface area contributed by atoms with Crippen LogP contribution >= 0.6 is 0 Å². The monoisotopic (exact) mass is 244 g/mol. The van der Waals surface area contributed by atoms with Gasteiger partial charge in [-0.15, -0.1) is 0 Å². The first-order valence-corrected chi connectivity index (χ1v) is 7.42. The van der Waals surface area contributed by atoms with Gasteiger partial charge in [0.1, 0.15) is 0 Å². The van der Waals surface area contributed by atoms with E-state index in [-0.39, 0.29) is 5.97 Å². The molecule has 0 aromatic heterocycles. The Hall–Kier alpha value is -0.613. The van der Waals surface area contributed by atoms with Gasteiger partial charge in [0.15, 0.2) is 9.76 Å². The van der Waals surface area contributed by atoms with E-state index in [1.54, 1.807) is 7.11 Å². The molecular formula is C12H24O3Si. The van der Waals surface area contributed by atoms with Crippen LogP contribution < -0.4 is 0 Å². The van der Waals surface area contributed by atoms with E-state index in [9.17, 15) is 4.79 Å². The predicted octanol–water partition coefficient (Wildman–Crippen LogP) is 2.20. The molecule has 0 aliphatic rings. The van der Waals surface area contributed by atoms with Crippen LogP contribution in [0, 0.1) is 0 Å². The summed E-state index contributed by atoms with van der Waals surface area (Å²) in [6, 6.07) is 0. The molecule has 1 atom stereocenters. The zero-order valence-electron chi connectivity index (χ0n) is 10.5. The van der Waals surface area contributed by atoms with Gasteiger partial charge in [0.2, 0.25) is 0 Å². The molecule has 0 heterocycles. The quantitative estimate of drug-likeness (QED) is 0.256. The average molecular weight is 244 g/mol. The molecule has 94 valence electrons. The second kappa shape index (κ2) is 10.9. The summed E-state index contributed by atoms with van der Waals surface area (Å²) in [7, 11) is 1.31. The zero-order valence-corrected chi connectivity index (χ0v) is 12.0. The summed E-state index contributed by atoms with van der Waals surface area (Å²) in [4.78, 5) is 10.9. The highest BCUT2D eigenvalue weighted by Gasteiger charge is 2.10. The Kier molecular flexibility index (Phi) is 10.5. The van der Waals surface area contributed by atoms with E-state index in [1.807, 2.05) is 0 Å². The van der Waals surface area contributed by atoms with Gasteiger partial charge in [0, 0.05) is 13.2 Å². The van der Waals surface area contributed by atoms with Crippen molar-refractivity contribution < 1.29 is 14.0 Å². The van der Waals surface area contributed by atoms with Gasteiger partial charge >= 0.3 is 5.97 Å². The van der Waals surface area contributed by atoms with Crippen LogP contribution in [0.1, 0.15) is 39.0 Å². The Balaban J connectivity index is 3.66. The minimum atomic E-state index is -0.461.